The van der Waals surface area contributed by atoms with Gasteiger partial charge in [-0.25, -0.2) is 0 Å². The minimum absolute atomic E-state index is 0.0632. The average Bonchev–Trinajstić information content (AvgIpc) is 2.26. The van der Waals surface area contributed by atoms with Crippen LogP contribution in [-0.2, 0) is 4.79 Å². The summed E-state index contributed by atoms with van der Waals surface area (Å²) in [5.41, 5.74) is 11.0. The molecule has 0 saturated heterocycles. The first-order valence-electron chi connectivity index (χ1n) is 5.72. The summed E-state index contributed by atoms with van der Waals surface area (Å²) in [5, 5.41) is 2.75. The molecule has 0 radical (unpaired) electrons. The van der Waals surface area contributed by atoms with E-state index in [0.29, 0.717) is 11.1 Å². The molecule has 1 aromatic carbocycles. The van der Waals surface area contributed by atoms with Gasteiger partial charge in [-0.05, 0) is 26.0 Å². The summed E-state index contributed by atoms with van der Waals surface area (Å²) in [6.07, 6.45) is 0.0632. The minimum atomic E-state index is -0.706. The molecular weight excluding hydrogens is 262 g/mol. The number of carbonyl (C=O) groups is 2. The van der Waals surface area contributed by atoms with Gasteiger partial charge in [-0.1, -0.05) is 24.4 Å². The molecule has 0 heterocycles. The van der Waals surface area contributed by atoms with E-state index >= 15 is 0 Å². The highest BCUT2D eigenvalue weighted by Gasteiger charge is 2.23. The van der Waals surface area contributed by atoms with E-state index in [1.807, 2.05) is 0 Å². The molecule has 0 spiro atoms. The fourth-order valence-electron chi connectivity index (χ4n) is 1.67. The predicted octanol–water partition coefficient (Wildman–Crippen LogP) is 0.705. The van der Waals surface area contributed by atoms with Crippen molar-refractivity contribution in [1.29, 1.82) is 0 Å². The molecule has 0 atom stereocenters. The van der Waals surface area contributed by atoms with Gasteiger partial charge in [-0.15, -0.1) is 0 Å². The van der Waals surface area contributed by atoms with Gasteiger partial charge < -0.3 is 16.8 Å². The van der Waals surface area contributed by atoms with Crippen molar-refractivity contribution in [2.45, 2.75) is 25.8 Å². The summed E-state index contributed by atoms with van der Waals surface area (Å²) in [7, 11) is 0. The molecule has 5 nitrogen and oxygen atoms in total. The van der Waals surface area contributed by atoms with Crippen molar-refractivity contribution >= 4 is 29.0 Å². The van der Waals surface area contributed by atoms with Crippen LogP contribution in [-0.4, -0.2) is 22.3 Å². The summed E-state index contributed by atoms with van der Waals surface area (Å²) in [5.74, 6) is -0.772. The van der Waals surface area contributed by atoms with E-state index in [2.05, 4.69) is 5.32 Å². The Labute approximate surface area is 117 Å². The van der Waals surface area contributed by atoms with Crippen LogP contribution in [0.2, 0.25) is 0 Å². The summed E-state index contributed by atoms with van der Waals surface area (Å²) >= 11 is 4.86. The fraction of sp³-hybridized carbons (Fsp3) is 0.308. The van der Waals surface area contributed by atoms with Gasteiger partial charge in [0.1, 0.15) is 4.99 Å². The van der Waals surface area contributed by atoms with Crippen LogP contribution in [0.3, 0.4) is 0 Å². The molecule has 2 amide bonds. The first kappa shape index (κ1) is 15.1. The maximum Gasteiger partial charge on any atom is 0.251 e. The normalized spacial score (nSPS) is 10.8. The number of hydrogen-bond donors (Lipinski definition) is 3. The van der Waals surface area contributed by atoms with Gasteiger partial charge >= 0.3 is 0 Å². The molecule has 19 heavy (non-hydrogen) atoms. The molecule has 1 rings (SSSR count). The molecule has 5 N–H and O–H groups in total. The van der Waals surface area contributed by atoms with Crippen LogP contribution >= 0.6 is 12.2 Å². The quantitative estimate of drug-likeness (QED) is 0.691. The highest BCUT2D eigenvalue weighted by Crippen LogP contribution is 2.11. The number of nitrogens with two attached hydrogens (primary N) is 2. The monoisotopic (exact) mass is 279 g/mol. The topological polar surface area (TPSA) is 98.2 Å². The van der Waals surface area contributed by atoms with Gasteiger partial charge in [-0.2, -0.15) is 0 Å². The smallest absolute Gasteiger partial charge is 0.251 e. The van der Waals surface area contributed by atoms with E-state index in [1.54, 1.807) is 38.1 Å². The Balaban J connectivity index is 2.86. The van der Waals surface area contributed by atoms with Gasteiger partial charge in [0, 0.05) is 23.1 Å². The second kappa shape index (κ2) is 5.79. The number of rotatable bonds is 5. The Morgan fingerprint density at radius 1 is 1.26 bits per heavy atom. The molecule has 0 aliphatic carbocycles. The first-order valence-corrected chi connectivity index (χ1v) is 6.13. The van der Waals surface area contributed by atoms with Crippen molar-refractivity contribution in [1.82, 2.24) is 5.32 Å². The van der Waals surface area contributed by atoms with Gasteiger partial charge in [0.15, 0.2) is 0 Å². The lowest BCUT2D eigenvalue weighted by molar-refractivity contribution is -0.119. The Kier molecular flexibility index (Phi) is 4.61. The van der Waals surface area contributed by atoms with E-state index < -0.39 is 11.4 Å². The van der Waals surface area contributed by atoms with E-state index in [1.165, 1.54) is 0 Å². The standard InChI is InChI=1S/C13H17N3O2S/c1-13(2,7-10(14)17)16-12(18)9-5-3-4-8(6-9)11(15)19/h3-6H,7H2,1-2H3,(H2,14,17)(H2,15,19)(H,16,18). The van der Waals surface area contributed by atoms with Crippen molar-refractivity contribution in [3.8, 4) is 0 Å². The fourth-order valence-corrected chi connectivity index (χ4v) is 1.80. The van der Waals surface area contributed by atoms with Gasteiger partial charge in [0.25, 0.3) is 5.91 Å². The van der Waals surface area contributed by atoms with Crippen molar-refractivity contribution in [2.75, 3.05) is 0 Å². The van der Waals surface area contributed by atoms with Crippen molar-refractivity contribution in [3.63, 3.8) is 0 Å². The molecule has 1 aromatic rings. The summed E-state index contributed by atoms with van der Waals surface area (Å²) in [6.45, 7) is 3.46. The Morgan fingerprint density at radius 3 is 2.37 bits per heavy atom. The van der Waals surface area contributed by atoms with Crippen LogP contribution in [0, 0.1) is 0 Å². The lowest BCUT2D eigenvalue weighted by Gasteiger charge is -2.24. The van der Waals surface area contributed by atoms with E-state index in [-0.39, 0.29) is 17.3 Å². The van der Waals surface area contributed by atoms with E-state index in [4.69, 9.17) is 23.7 Å². The lowest BCUT2D eigenvalue weighted by Crippen LogP contribution is -2.46. The molecule has 0 fully saturated rings. The zero-order valence-electron chi connectivity index (χ0n) is 10.9. The maximum absolute atomic E-state index is 12.1. The third kappa shape index (κ3) is 4.67. The molecule has 6 heteroatoms. The van der Waals surface area contributed by atoms with Crippen LogP contribution in [0.15, 0.2) is 24.3 Å². The predicted molar refractivity (Wildman–Crippen MR) is 77.7 cm³/mol. The Hall–Kier alpha value is -1.95. The van der Waals surface area contributed by atoms with E-state index in [9.17, 15) is 9.59 Å². The second-order valence-corrected chi connectivity index (χ2v) is 5.37. The van der Waals surface area contributed by atoms with Crippen molar-refractivity contribution in [2.24, 2.45) is 11.5 Å². The molecular formula is C13H17N3O2S. The molecule has 0 unspecified atom stereocenters. The number of hydrogen-bond acceptors (Lipinski definition) is 3. The van der Waals surface area contributed by atoms with Crippen molar-refractivity contribution in [3.05, 3.63) is 35.4 Å². The molecule has 0 bridgehead atoms. The van der Waals surface area contributed by atoms with Gasteiger partial charge in [0.05, 0.1) is 0 Å². The second-order valence-electron chi connectivity index (χ2n) is 4.93. The highest BCUT2D eigenvalue weighted by atomic mass is 32.1. The first-order chi connectivity index (χ1) is 8.71. The molecule has 102 valence electrons. The number of carbonyl (C=O) groups excluding carboxylic acids is 2. The minimum Gasteiger partial charge on any atom is -0.389 e. The number of benzene rings is 1. The van der Waals surface area contributed by atoms with Crippen LogP contribution in [0.25, 0.3) is 0 Å². The third-order valence-electron chi connectivity index (χ3n) is 2.48. The average molecular weight is 279 g/mol. The SMILES string of the molecule is CC(C)(CC(N)=O)NC(=O)c1cccc(C(N)=S)c1. The summed E-state index contributed by atoms with van der Waals surface area (Å²) in [6, 6.07) is 6.69. The lowest BCUT2D eigenvalue weighted by atomic mass is 9.99. The summed E-state index contributed by atoms with van der Waals surface area (Å²) < 4.78 is 0. The molecule has 0 aromatic heterocycles. The zero-order chi connectivity index (χ0) is 14.6. The maximum atomic E-state index is 12.1. The zero-order valence-corrected chi connectivity index (χ0v) is 11.7. The van der Waals surface area contributed by atoms with Gasteiger partial charge in [-0.3, -0.25) is 9.59 Å². The number of nitrogens with one attached hydrogen (secondary N) is 1. The van der Waals surface area contributed by atoms with Crippen molar-refractivity contribution < 1.29 is 9.59 Å². The molecule has 0 saturated carbocycles. The van der Waals surface area contributed by atoms with Crippen LogP contribution in [0.4, 0.5) is 0 Å². The van der Waals surface area contributed by atoms with Crippen LogP contribution < -0.4 is 16.8 Å². The Bertz CT molecular complexity index is 526. The van der Waals surface area contributed by atoms with Crippen LogP contribution in [0.1, 0.15) is 36.2 Å². The van der Waals surface area contributed by atoms with Gasteiger partial charge in [0.2, 0.25) is 5.91 Å². The number of thiocarbonyl (C=S) groups is 1. The highest BCUT2D eigenvalue weighted by molar-refractivity contribution is 7.80. The number of primary amides is 1. The third-order valence-corrected chi connectivity index (χ3v) is 2.71. The largest absolute Gasteiger partial charge is 0.389 e. The Morgan fingerprint density at radius 2 is 1.84 bits per heavy atom. The number of amides is 2. The van der Waals surface area contributed by atoms with Crippen LogP contribution in [0.5, 0.6) is 0 Å². The summed E-state index contributed by atoms with van der Waals surface area (Å²) in [4.78, 5) is 23.2. The van der Waals surface area contributed by atoms with E-state index in [0.717, 1.165) is 0 Å². The molecule has 0 aliphatic heterocycles. The molecule has 0 aliphatic rings.